The van der Waals surface area contributed by atoms with Crippen molar-refractivity contribution in [1.82, 2.24) is 24.9 Å². The van der Waals surface area contributed by atoms with Crippen LogP contribution in [0.2, 0.25) is 0 Å². The average Bonchev–Trinajstić information content (AvgIpc) is 3.45. The van der Waals surface area contributed by atoms with Gasteiger partial charge in [0.1, 0.15) is 11.6 Å². The fraction of sp³-hybridized carbons (Fsp3) is 0.333. The van der Waals surface area contributed by atoms with Gasteiger partial charge in [0.2, 0.25) is 11.7 Å². The van der Waals surface area contributed by atoms with Gasteiger partial charge in [-0.3, -0.25) is 0 Å². The molecule has 0 aliphatic rings. The number of hydrogen-bond acceptors (Lipinski definition) is 7. The molecule has 166 valence electrons. The number of ether oxygens (including phenoxy) is 1. The first kappa shape index (κ1) is 22.1. The third kappa shape index (κ3) is 5.56. The molecule has 0 amide bonds. The third-order valence-corrected chi connectivity index (χ3v) is 5.89. The summed E-state index contributed by atoms with van der Waals surface area (Å²) < 4.78 is 13.1. The van der Waals surface area contributed by atoms with Gasteiger partial charge in [0.25, 0.3) is 0 Å². The molecule has 4 rings (SSSR count). The number of benzene rings is 2. The molecule has 7 nitrogen and oxygen atoms in total. The summed E-state index contributed by atoms with van der Waals surface area (Å²) in [6.45, 7) is 5.65. The maximum Gasteiger partial charge on any atom is 0.237 e. The molecule has 0 atom stereocenters. The number of rotatable bonds is 11. The monoisotopic (exact) mass is 449 g/mol. The summed E-state index contributed by atoms with van der Waals surface area (Å²) in [5, 5.41) is 13.9. The van der Waals surface area contributed by atoms with Gasteiger partial charge in [0, 0.05) is 18.5 Å². The highest BCUT2D eigenvalue weighted by atomic mass is 32.2. The summed E-state index contributed by atoms with van der Waals surface area (Å²) in [5.41, 5.74) is 2.20. The Labute approximate surface area is 192 Å². The largest absolute Gasteiger partial charge is 0.494 e. The fourth-order valence-electron chi connectivity index (χ4n) is 3.38. The van der Waals surface area contributed by atoms with Crippen LogP contribution in [0.25, 0.3) is 11.4 Å². The molecule has 0 saturated carbocycles. The van der Waals surface area contributed by atoms with Crippen LogP contribution < -0.4 is 4.74 Å². The fourth-order valence-corrected chi connectivity index (χ4v) is 4.20. The SMILES string of the molecule is CCCn1c(CCc2ccccc2)nnc1SCc1nc(-c2ccc(OCC)cc2)no1. The molecule has 2 aromatic heterocycles. The van der Waals surface area contributed by atoms with Crippen LogP contribution in [-0.4, -0.2) is 31.5 Å². The molecule has 2 aromatic carbocycles. The van der Waals surface area contributed by atoms with E-state index in [1.54, 1.807) is 11.8 Å². The van der Waals surface area contributed by atoms with Gasteiger partial charge in [0.15, 0.2) is 5.16 Å². The molecule has 32 heavy (non-hydrogen) atoms. The molecule has 0 radical (unpaired) electrons. The summed E-state index contributed by atoms with van der Waals surface area (Å²) in [6.07, 6.45) is 2.83. The van der Waals surface area contributed by atoms with E-state index < -0.39 is 0 Å². The van der Waals surface area contributed by atoms with Crippen LogP contribution in [0.1, 0.15) is 37.5 Å². The van der Waals surface area contributed by atoms with E-state index in [0.717, 1.165) is 48.1 Å². The van der Waals surface area contributed by atoms with Crippen LogP contribution in [0.15, 0.2) is 64.3 Å². The second kappa shape index (κ2) is 10.9. The summed E-state index contributed by atoms with van der Waals surface area (Å²) in [5.74, 6) is 3.52. The molecule has 0 unspecified atom stereocenters. The summed E-state index contributed by atoms with van der Waals surface area (Å²) >= 11 is 1.57. The Bertz CT molecular complexity index is 1110. The lowest BCUT2D eigenvalue weighted by atomic mass is 10.1. The molecule has 0 aliphatic carbocycles. The minimum atomic E-state index is 0.546. The van der Waals surface area contributed by atoms with Crippen molar-refractivity contribution in [2.24, 2.45) is 0 Å². The van der Waals surface area contributed by atoms with Crippen molar-refractivity contribution in [3.63, 3.8) is 0 Å². The molecule has 0 fully saturated rings. The van der Waals surface area contributed by atoms with Gasteiger partial charge in [-0.25, -0.2) is 0 Å². The van der Waals surface area contributed by atoms with Crippen LogP contribution in [0, 0.1) is 0 Å². The Morgan fingerprint density at radius 1 is 0.969 bits per heavy atom. The van der Waals surface area contributed by atoms with E-state index in [1.165, 1.54) is 5.56 Å². The number of thioether (sulfide) groups is 1. The standard InChI is InChI=1S/C24H27N5O2S/c1-3-16-29-21(15-10-18-8-6-5-7-9-18)26-27-24(29)32-17-22-25-23(28-31-22)19-11-13-20(14-12-19)30-4-2/h5-9,11-14H,3-4,10,15-17H2,1-2H3. The predicted molar refractivity (Wildman–Crippen MR) is 125 cm³/mol. The number of aryl methyl sites for hydroxylation is 2. The zero-order chi connectivity index (χ0) is 22.2. The minimum Gasteiger partial charge on any atom is -0.494 e. The van der Waals surface area contributed by atoms with Crippen molar-refractivity contribution in [2.45, 2.75) is 50.6 Å². The van der Waals surface area contributed by atoms with E-state index in [9.17, 15) is 0 Å². The molecule has 0 N–H and O–H groups in total. The van der Waals surface area contributed by atoms with Crippen LogP contribution in [0.3, 0.4) is 0 Å². The lowest BCUT2D eigenvalue weighted by Crippen LogP contribution is -2.06. The second-order valence-corrected chi connectivity index (χ2v) is 8.24. The zero-order valence-corrected chi connectivity index (χ0v) is 19.2. The van der Waals surface area contributed by atoms with Crippen molar-refractivity contribution in [3.05, 3.63) is 71.9 Å². The van der Waals surface area contributed by atoms with E-state index in [0.29, 0.717) is 24.1 Å². The van der Waals surface area contributed by atoms with Crippen molar-refractivity contribution < 1.29 is 9.26 Å². The topological polar surface area (TPSA) is 78.9 Å². The maximum atomic E-state index is 5.48. The number of hydrogen-bond donors (Lipinski definition) is 0. The lowest BCUT2D eigenvalue weighted by molar-refractivity contribution is 0.340. The molecule has 8 heteroatoms. The van der Waals surface area contributed by atoms with Crippen LogP contribution in [0.5, 0.6) is 5.75 Å². The third-order valence-electron chi connectivity index (χ3n) is 4.94. The quantitative estimate of drug-likeness (QED) is 0.291. The maximum absolute atomic E-state index is 5.48. The van der Waals surface area contributed by atoms with Gasteiger partial charge in [-0.05, 0) is 49.6 Å². The van der Waals surface area contributed by atoms with Crippen molar-refractivity contribution in [3.8, 4) is 17.1 Å². The van der Waals surface area contributed by atoms with E-state index in [1.807, 2.05) is 37.3 Å². The number of aromatic nitrogens is 5. The highest BCUT2D eigenvalue weighted by molar-refractivity contribution is 7.98. The van der Waals surface area contributed by atoms with Gasteiger partial charge in [-0.1, -0.05) is 54.2 Å². The zero-order valence-electron chi connectivity index (χ0n) is 18.4. The lowest BCUT2D eigenvalue weighted by Gasteiger charge is -2.08. The summed E-state index contributed by atoms with van der Waals surface area (Å²) in [4.78, 5) is 4.53. The van der Waals surface area contributed by atoms with Gasteiger partial charge in [0.05, 0.1) is 12.4 Å². The molecule has 0 aliphatic heterocycles. The van der Waals surface area contributed by atoms with Crippen molar-refractivity contribution in [2.75, 3.05) is 6.61 Å². The highest BCUT2D eigenvalue weighted by Crippen LogP contribution is 2.25. The predicted octanol–water partition coefficient (Wildman–Crippen LogP) is 5.21. The van der Waals surface area contributed by atoms with Crippen LogP contribution in [0.4, 0.5) is 0 Å². The number of nitrogens with zero attached hydrogens (tertiary/aromatic N) is 5. The molecule has 2 heterocycles. The first-order chi connectivity index (χ1) is 15.8. The van der Waals surface area contributed by atoms with E-state index in [4.69, 9.17) is 9.26 Å². The normalized spacial score (nSPS) is 11.1. The van der Waals surface area contributed by atoms with Gasteiger partial charge in [-0.2, -0.15) is 4.98 Å². The molecule has 0 spiro atoms. The highest BCUT2D eigenvalue weighted by Gasteiger charge is 2.15. The smallest absolute Gasteiger partial charge is 0.237 e. The van der Waals surface area contributed by atoms with Crippen molar-refractivity contribution in [1.29, 1.82) is 0 Å². The Morgan fingerprint density at radius 3 is 2.53 bits per heavy atom. The van der Waals surface area contributed by atoms with Crippen molar-refractivity contribution >= 4 is 11.8 Å². The molecule has 4 aromatic rings. The Kier molecular flexibility index (Phi) is 7.55. The van der Waals surface area contributed by atoms with E-state index in [2.05, 4.69) is 56.1 Å². The van der Waals surface area contributed by atoms with Crippen LogP contribution in [-0.2, 0) is 25.1 Å². The first-order valence-corrected chi connectivity index (χ1v) is 11.9. The first-order valence-electron chi connectivity index (χ1n) is 10.9. The molecular weight excluding hydrogens is 422 g/mol. The van der Waals surface area contributed by atoms with E-state index in [-0.39, 0.29) is 0 Å². The van der Waals surface area contributed by atoms with Crippen LogP contribution >= 0.6 is 11.8 Å². The summed E-state index contributed by atoms with van der Waals surface area (Å²) in [7, 11) is 0. The van der Waals surface area contributed by atoms with E-state index >= 15 is 0 Å². The molecule has 0 saturated heterocycles. The Hall–Kier alpha value is -3.13. The van der Waals surface area contributed by atoms with Gasteiger partial charge >= 0.3 is 0 Å². The Morgan fingerprint density at radius 2 is 1.78 bits per heavy atom. The van der Waals surface area contributed by atoms with Gasteiger partial charge < -0.3 is 13.8 Å². The second-order valence-electron chi connectivity index (χ2n) is 7.29. The molecular formula is C24H27N5O2S. The minimum absolute atomic E-state index is 0.546. The summed E-state index contributed by atoms with van der Waals surface area (Å²) in [6, 6.07) is 18.2. The Balaban J connectivity index is 1.39. The van der Waals surface area contributed by atoms with Gasteiger partial charge in [-0.15, -0.1) is 10.2 Å². The average molecular weight is 450 g/mol. The molecule has 0 bridgehead atoms.